The van der Waals surface area contributed by atoms with E-state index in [-0.39, 0.29) is 5.92 Å². The Kier molecular flexibility index (Phi) is 1.69. The van der Waals surface area contributed by atoms with Gasteiger partial charge in [0, 0.05) is 25.4 Å². The minimum Gasteiger partial charge on any atom is -0.299 e. The minimum atomic E-state index is 0.272. The van der Waals surface area contributed by atoms with E-state index in [4.69, 9.17) is 5.84 Å². The molecular formula is C8H14N2O. The highest BCUT2D eigenvalue weighted by atomic mass is 16.1. The smallest absolute Gasteiger partial charge is 0.137 e. The third-order valence-electron chi connectivity index (χ3n) is 2.88. The number of hydrogen-bond donors (Lipinski definition) is 1. The van der Waals surface area contributed by atoms with Crippen LogP contribution in [0.4, 0.5) is 0 Å². The Hall–Kier alpha value is -0.410. The molecule has 2 N–H and O–H groups in total. The summed E-state index contributed by atoms with van der Waals surface area (Å²) < 4.78 is 0. The molecular weight excluding hydrogens is 140 g/mol. The lowest BCUT2D eigenvalue weighted by Crippen LogP contribution is -2.29. The van der Waals surface area contributed by atoms with Crippen molar-refractivity contribution in [3.8, 4) is 0 Å². The van der Waals surface area contributed by atoms with Crippen molar-refractivity contribution in [3.63, 3.8) is 0 Å². The number of carbonyl (C=O) groups excluding carboxylic acids is 1. The number of nitrogens with zero attached hydrogens (tertiary/aromatic N) is 1. The molecule has 0 radical (unpaired) electrons. The van der Waals surface area contributed by atoms with Crippen molar-refractivity contribution in [1.82, 2.24) is 5.01 Å². The van der Waals surface area contributed by atoms with Gasteiger partial charge in [-0.05, 0) is 18.8 Å². The second-order valence-electron chi connectivity index (χ2n) is 3.68. The molecule has 0 spiro atoms. The van der Waals surface area contributed by atoms with Crippen LogP contribution in [0.2, 0.25) is 0 Å². The number of Topliss-reactive ketones (excluding diaryl/α,β-unsaturated/α-hetero) is 1. The van der Waals surface area contributed by atoms with Crippen LogP contribution in [-0.4, -0.2) is 23.9 Å². The maximum absolute atomic E-state index is 11.3. The van der Waals surface area contributed by atoms with Crippen LogP contribution in [0.3, 0.4) is 0 Å². The lowest BCUT2D eigenvalue weighted by atomic mass is 9.81. The van der Waals surface area contributed by atoms with E-state index in [1.54, 1.807) is 5.01 Å². The molecule has 1 aliphatic carbocycles. The Morgan fingerprint density at radius 2 is 2.27 bits per heavy atom. The van der Waals surface area contributed by atoms with Gasteiger partial charge in [0.15, 0.2) is 0 Å². The molecule has 0 bridgehead atoms. The molecule has 0 aromatic heterocycles. The maximum Gasteiger partial charge on any atom is 0.137 e. The van der Waals surface area contributed by atoms with E-state index in [0.717, 1.165) is 25.9 Å². The van der Waals surface area contributed by atoms with Crippen molar-refractivity contribution in [2.24, 2.45) is 17.7 Å². The summed E-state index contributed by atoms with van der Waals surface area (Å²) in [5.74, 6) is 6.92. The summed E-state index contributed by atoms with van der Waals surface area (Å²) >= 11 is 0. The first-order chi connectivity index (χ1) is 5.27. The summed E-state index contributed by atoms with van der Waals surface area (Å²) in [6.45, 7) is 1.72. The van der Waals surface area contributed by atoms with E-state index < -0.39 is 0 Å². The average Bonchev–Trinajstić information content (AvgIpc) is 2.31. The molecule has 1 saturated carbocycles. The zero-order valence-electron chi connectivity index (χ0n) is 6.62. The quantitative estimate of drug-likeness (QED) is 0.506. The van der Waals surface area contributed by atoms with Gasteiger partial charge in [-0.2, -0.15) is 0 Å². The molecule has 0 aromatic carbocycles. The van der Waals surface area contributed by atoms with E-state index in [1.807, 2.05) is 0 Å². The number of hydrogen-bond acceptors (Lipinski definition) is 3. The third kappa shape index (κ3) is 1.19. The molecule has 62 valence electrons. The molecule has 11 heavy (non-hydrogen) atoms. The number of carbonyl (C=O) groups is 1. The lowest BCUT2D eigenvalue weighted by molar-refractivity contribution is -0.125. The van der Waals surface area contributed by atoms with Gasteiger partial charge in [-0.3, -0.25) is 10.6 Å². The Morgan fingerprint density at radius 3 is 3.00 bits per heavy atom. The highest BCUT2D eigenvalue weighted by Crippen LogP contribution is 2.32. The van der Waals surface area contributed by atoms with Crippen LogP contribution in [-0.2, 0) is 4.79 Å². The Bertz CT molecular complexity index is 181. The molecule has 0 amide bonds. The first kappa shape index (κ1) is 7.25. The van der Waals surface area contributed by atoms with Gasteiger partial charge in [-0.1, -0.05) is 0 Å². The largest absolute Gasteiger partial charge is 0.299 e. The predicted octanol–water partition coefficient (Wildman–Crippen LogP) is 0.161. The van der Waals surface area contributed by atoms with E-state index in [9.17, 15) is 4.79 Å². The topological polar surface area (TPSA) is 46.3 Å². The molecule has 1 aliphatic heterocycles. The fourth-order valence-corrected chi connectivity index (χ4v) is 2.29. The van der Waals surface area contributed by atoms with Crippen LogP contribution in [0.15, 0.2) is 0 Å². The van der Waals surface area contributed by atoms with E-state index >= 15 is 0 Å². The second-order valence-corrected chi connectivity index (χ2v) is 3.68. The molecule has 0 aromatic rings. The van der Waals surface area contributed by atoms with Gasteiger partial charge in [0.25, 0.3) is 0 Å². The monoisotopic (exact) mass is 154 g/mol. The molecule has 1 heterocycles. The van der Waals surface area contributed by atoms with Crippen LogP contribution < -0.4 is 5.84 Å². The fraction of sp³-hybridized carbons (Fsp3) is 0.875. The van der Waals surface area contributed by atoms with Crippen LogP contribution in [0.5, 0.6) is 0 Å². The van der Waals surface area contributed by atoms with Crippen molar-refractivity contribution in [1.29, 1.82) is 0 Å². The summed E-state index contributed by atoms with van der Waals surface area (Å²) in [5.41, 5.74) is 0. The normalized spacial score (nSPS) is 39.2. The number of rotatable bonds is 0. The summed E-state index contributed by atoms with van der Waals surface area (Å²) in [6.07, 6.45) is 3.06. The summed E-state index contributed by atoms with van der Waals surface area (Å²) in [5, 5.41) is 1.79. The highest BCUT2D eigenvalue weighted by Gasteiger charge is 2.38. The molecule has 1 saturated heterocycles. The molecule has 2 rings (SSSR count). The van der Waals surface area contributed by atoms with Crippen molar-refractivity contribution < 1.29 is 4.79 Å². The van der Waals surface area contributed by atoms with Crippen molar-refractivity contribution >= 4 is 5.78 Å². The molecule has 3 heteroatoms. The van der Waals surface area contributed by atoms with E-state index in [2.05, 4.69) is 0 Å². The van der Waals surface area contributed by atoms with Crippen LogP contribution in [0.25, 0.3) is 0 Å². The first-order valence-electron chi connectivity index (χ1n) is 4.30. The Balaban J connectivity index is 2.09. The van der Waals surface area contributed by atoms with Crippen LogP contribution >= 0.6 is 0 Å². The molecule has 1 unspecified atom stereocenters. The van der Waals surface area contributed by atoms with Gasteiger partial charge in [0.05, 0.1) is 0 Å². The summed E-state index contributed by atoms with van der Waals surface area (Å²) in [7, 11) is 0. The Labute approximate surface area is 66.5 Å². The zero-order chi connectivity index (χ0) is 7.84. The van der Waals surface area contributed by atoms with Gasteiger partial charge in [0.1, 0.15) is 5.78 Å². The van der Waals surface area contributed by atoms with Gasteiger partial charge in [0.2, 0.25) is 0 Å². The average molecular weight is 154 g/mol. The molecule has 2 atom stereocenters. The van der Waals surface area contributed by atoms with Gasteiger partial charge >= 0.3 is 0 Å². The third-order valence-corrected chi connectivity index (χ3v) is 2.88. The SMILES string of the molecule is NN1CC2CCCC(=O)[C@H]2C1. The zero-order valence-corrected chi connectivity index (χ0v) is 6.62. The van der Waals surface area contributed by atoms with Gasteiger partial charge < -0.3 is 0 Å². The number of hydrazine groups is 1. The predicted molar refractivity (Wildman–Crippen MR) is 41.6 cm³/mol. The van der Waals surface area contributed by atoms with Crippen LogP contribution in [0, 0.1) is 11.8 Å². The number of fused-ring (bicyclic) bond motifs is 1. The minimum absolute atomic E-state index is 0.272. The van der Waals surface area contributed by atoms with E-state index in [0.29, 0.717) is 11.7 Å². The first-order valence-corrected chi connectivity index (χ1v) is 4.30. The Morgan fingerprint density at radius 1 is 1.45 bits per heavy atom. The van der Waals surface area contributed by atoms with E-state index in [1.165, 1.54) is 6.42 Å². The maximum atomic E-state index is 11.3. The molecule has 2 fully saturated rings. The summed E-state index contributed by atoms with van der Waals surface area (Å²) in [4.78, 5) is 11.3. The fourth-order valence-electron chi connectivity index (χ4n) is 2.29. The summed E-state index contributed by atoms with van der Waals surface area (Å²) in [6, 6.07) is 0. The van der Waals surface area contributed by atoms with Crippen LogP contribution in [0.1, 0.15) is 19.3 Å². The second kappa shape index (κ2) is 2.57. The van der Waals surface area contributed by atoms with Gasteiger partial charge in [-0.25, -0.2) is 5.01 Å². The lowest BCUT2D eigenvalue weighted by Gasteiger charge is -2.21. The highest BCUT2D eigenvalue weighted by molar-refractivity contribution is 5.82. The van der Waals surface area contributed by atoms with Crippen molar-refractivity contribution in [3.05, 3.63) is 0 Å². The molecule has 2 aliphatic rings. The number of ketones is 1. The molecule has 3 nitrogen and oxygen atoms in total. The standard InChI is InChI=1S/C8H14N2O/c9-10-4-6-2-1-3-8(11)7(6)5-10/h6-7H,1-5,9H2/t6?,7-/m0/s1. The van der Waals surface area contributed by atoms with Gasteiger partial charge in [-0.15, -0.1) is 0 Å². The number of nitrogens with two attached hydrogens (primary N) is 1. The van der Waals surface area contributed by atoms with Crippen molar-refractivity contribution in [2.45, 2.75) is 19.3 Å². The van der Waals surface area contributed by atoms with Crippen molar-refractivity contribution in [2.75, 3.05) is 13.1 Å².